The highest BCUT2D eigenvalue weighted by Gasteiger charge is 2.40. The van der Waals surface area contributed by atoms with E-state index < -0.39 is 27.6 Å². The van der Waals surface area contributed by atoms with Gasteiger partial charge >= 0.3 is 0 Å². The molecule has 1 aliphatic heterocycles. The van der Waals surface area contributed by atoms with Gasteiger partial charge in [-0.15, -0.1) is 0 Å². The van der Waals surface area contributed by atoms with Gasteiger partial charge in [-0.05, 0) is 38.0 Å². The molecule has 0 fully saturated rings. The Kier molecular flexibility index (Phi) is 7.65. The van der Waals surface area contributed by atoms with E-state index in [9.17, 15) is 13.2 Å². The monoisotopic (exact) mass is 490 g/mol. The molecule has 0 aromatic heterocycles. The van der Waals surface area contributed by atoms with Gasteiger partial charge in [-0.2, -0.15) is 0 Å². The van der Waals surface area contributed by atoms with Crippen LogP contribution in [-0.2, 0) is 14.8 Å². The van der Waals surface area contributed by atoms with Crippen LogP contribution in [0.2, 0.25) is 0 Å². The van der Waals surface area contributed by atoms with Crippen LogP contribution in [0.15, 0.2) is 42.5 Å². The predicted octanol–water partition coefficient (Wildman–Crippen LogP) is 4.06. The zero-order valence-electron chi connectivity index (χ0n) is 20.6. The van der Waals surface area contributed by atoms with E-state index >= 15 is 0 Å². The summed E-state index contributed by atoms with van der Waals surface area (Å²) in [5, 5.41) is 3.09. The first-order chi connectivity index (χ1) is 16.1. The van der Waals surface area contributed by atoms with E-state index in [4.69, 9.17) is 14.2 Å². The molecule has 2 aromatic rings. The van der Waals surface area contributed by atoms with Crippen LogP contribution in [0.1, 0.15) is 51.6 Å². The normalized spacial score (nSPS) is 17.6. The number of amides is 1. The largest absolute Gasteiger partial charge is 0.493 e. The molecule has 2 atom stereocenters. The minimum absolute atomic E-state index is 0.299. The molecule has 1 aliphatic rings. The number of methoxy groups -OCH3 is 2. The maximum Gasteiger partial charge on any atom is 0.244 e. The number of nitrogens with zero attached hydrogens (tertiary/aromatic N) is 1. The number of carbonyl (C=O) groups excluding carboxylic acids is 1. The summed E-state index contributed by atoms with van der Waals surface area (Å²) in [6, 6.07) is 11.1. The third kappa shape index (κ3) is 5.09. The molecule has 3 rings (SSSR count). The molecule has 1 heterocycles. The average Bonchev–Trinajstić information content (AvgIpc) is 2.82. The Morgan fingerprint density at radius 1 is 1.15 bits per heavy atom. The number of rotatable bonds is 9. The van der Waals surface area contributed by atoms with Crippen LogP contribution in [0.3, 0.4) is 0 Å². The molecule has 1 amide bonds. The van der Waals surface area contributed by atoms with Gasteiger partial charge in [0.15, 0.2) is 11.5 Å². The van der Waals surface area contributed by atoms with Crippen LogP contribution >= 0.6 is 0 Å². The van der Waals surface area contributed by atoms with Gasteiger partial charge in [-0.3, -0.25) is 9.10 Å². The quantitative estimate of drug-likeness (QED) is 0.570. The van der Waals surface area contributed by atoms with Crippen molar-refractivity contribution in [3.8, 4) is 17.2 Å². The standard InChI is InChI=1S/C25H34N2O6S/c1-7-25(8-2)16-20(19-11-9-10-12-21(19)33-25)26-24(28)17(3)27(34(6,29)30)18-13-14-22(31-4)23(15-18)32-5/h9-15,17,20H,7-8,16H2,1-6H3,(H,26,28)/t17-,20+/m1/s1. The summed E-state index contributed by atoms with van der Waals surface area (Å²) in [5.74, 6) is 1.18. The number of hydrogen-bond donors (Lipinski definition) is 1. The van der Waals surface area contributed by atoms with Crippen molar-refractivity contribution in [2.75, 3.05) is 24.8 Å². The molecule has 0 bridgehead atoms. The topological polar surface area (TPSA) is 94.2 Å². The second kappa shape index (κ2) is 10.1. The van der Waals surface area contributed by atoms with Crippen molar-refractivity contribution in [2.24, 2.45) is 0 Å². The van der Waals surface area contributed by atoms with Gasteiger partial charge in [0.05, 0.1) is 32.2 Å². The summed E-state index contributed by atoms with van der Waals surface area (Å²) < 4.78 is 43.6. The second-order valence-corrected chi connectivity index (χ2v) is 10.4. The van der Waals surface area contributed by atoms with Crippen LogP contribution in [0.4, 0.5) is 5.69 Å². The molecule has 186 valence electrons. The van der Waals surface area contributed by atoms with Gasteiger partial charge in [0.25, 0.3) is 0 Å². The van der Waals surface area contributed by atoms with E-state index in [-0.39, 0.29) is 6.04 Å². The van der Waals surface area contributed by atoms with Gasteiger partial charge in [-0.1, -0.05) is 32.0 Å². The van der Waals surface area contributed by atoms with Crippen molar-refractivity contribution in [2.45, 2.75) is 57.7 Å². The lowest BCUT2D eigenvalue weighted by atomic mass is 9.83. The second-order valence-electron chi connectivity index (χ2n) is 8.57. The molecule has 1 N–H and O–H groups in total. The highest BCUT2D eigenvalue weighted by molar-refractivity contribution is 7.92. The van der Waals surface area contributed by atoms with Crippen LogP contribution in [0, 0.1) is 0 Å². The number of ether oxygens (including phenoxy) is 3. The summed E-state index contributed by atoms with van der Waals surface area (Å²) in [4.78, 5) is 13.4. The number of sulfonamides is 1. The highest BCUT2D eigenvalue weighted by atomic mass is 32.2. The summed E-state index contributed by atoms with van der Waals surface area (Å²) in [6.45, 7) is 5.72. The molecule has 0 unspecified atom stereocenters. The van der Waals surface area contributed by atoms with E-state index in [1.165, 1.54) is 14.2 Å². The maximum absolute atomic E-state index is 13.4. The fraction of sp³-hybridized carbons (Fsp3) is 0.480. The van der Waals surface area contributed by atoms with Gasteiger partial charge in [-0.25, -0.2) is 8.42 Å². The molecule has 9 heteroatoms. The Balaban J connectivity index is 1.93. The Morgan fingerprint density at radius 2 is 1.79 bits per heavy atom. The van der Waals surface area contributed by atoms with Crippen molar-refractivity contribution in [3.63, 3.8) is 0 Å². The summed E-state index contributed by atoms with van der Waals surface area (Å²) in [7, 11) is -0.817. The van der Waals surface area contributed by atoms with Crippen LogP contribution in [0.5, 0.6) is 17.2 Å². The van der Waals surface area contributed by atoms with E-state index in [2.05, 4.69) is 19.2 Å². The van der Waals surface area contributed by atoms with Crippen molar-refractivity contribution in [1.29, 1.82) is 0 Å². The van der Waals surface area contributed by atoms with Crippen molar-refractivity contribution < 1.29 is 27.4 Å². The Bertz CT molecular complexity index is 1130. The van der Waals surface area contributed by atoms with E-state index in [1.807, 2.05) is 24.3 Å². The first kappa shape index (κ1) is 25.7. The average molecular weight is 491 g/mol. The Morgan fingerprint density at radius 3 is 2.38 bits per heavy atom. The van der Waals surface area contributed by atoms with Crippen molar-refractivity contribution in [3.05, 3.63) is 48.0 Å². The number of carbonyl (C=O) groups is 1. The number of benzene rings is 2. The Labute approximate surface area is 202 Å². The molecule has 2 aromatic carbocycles. The van der Waals surface area contributed by atoms with E-state index in [0.717, 1.165) is 34.7 Å². The van der Waals surface area contributed by atoms with Gasteiger partial charge < -0.3 is 19.5 Å². The lowest BCUT2D eigenvalue weighted by Gasteiger charge is -2.42. The molecular formula is C25H34N2O6S. The number of para-hydroxylation sites is 1. The van der Waals surface area contributed by atoms with Crippen molar-refractivity contribution >= 4 is 21.6 Å². The molecule has 0 saturated carbocycles. The third-order valence-electron chi connectivity index (χ3n) is 6.51. The lowest BCUT2D eigenvalue weighted by molar-refractivity contribution is -0.123. The lowest BCUT2D eigenvalue weighted by Crippen LogP contribution is -2.51. The number of fused-ring (bicyclic) bond motifs is 1. The number of hydrogen-bond acceptors (Lipinski definition) is 6. The number of anilines is 1. The molecule has 0 radical (unpaired) electrons. The molecule has 0 spiro atoms. The summed E-state index contributed by atoms with van der Waals surface area (Å²) >= 11 is 0. The number of nitrogens with one attached hydrogen (secondary N) is 1. The molecule has 34 heavy (non-hydrogen) atoms. The van der Waals surface area contributed by atoms with Gasteiger partial charge in [0.1, 0.15) is 17.4 Å². The highest BCUT2D eigenvalue weighted by Crippen LogP contribution is 2.43. The SMILES string of the molecule is CCC1(CC)C[C@H](NC(=O)[C@@H](C)N(c2ccc(OC)c(OC)c2)S(C)(=O)=O)c2ccccc2O1. The zero-order valence-corrected chi connectivity index (χ0v) is 21.4. The summed E-state index contributed by atoms with van der Waals surface area (Å²) in [5.41, 5.74) is 0.805. The van der Waals surface area contributed by atoms with Crippen LogP contribution < -0.4 is 23.8 Å². The van der Waals surface area contributed by atoms with Crippen LogP contribution in [0.25, 0.3) is 0 Å². The Hall–Kier alpha value is -2.94. The van der Waals surface area contributed by atoms with Gasteiger partial charge in [0, 0.05) is 18.1 Å². The van der Waals surface area contributed by atoms with E-state index in [0.29, 0.717) is 23.6 Å². The molecular weight excluding hydrogens is 456 g/mol. The first-order valence-corrected chi connectivity index (χ1v) is 13.2. The van der Waals surface area contributed by atoms with E-state index in [1.54, 1.807) is 25.1 Å². The molecule has 8 nitrogen and oxygen atoms in total. The molecule has 0 aliphatic carbocycles. The smallest absolute Gasteiger partial charge is 0.244 e. The fourth-order valence-electron chi connectivity index (χ4n) is 4.49. The van der Waals surface area contributed by atoms with Crippen molar-refractivity contribution in [1.82, 2.24) is 5.32 Å². The van der Waals surface area contributed by atoms with Gasteiger partial charge in [0.2, 0.25) is 15.9 Å². The zero-order chi connectivity index (χ0) is 25.1. The minimum Gasteiger partial charge on any atom is -0.493 e. The summed E-state index contributed by atoms with van der Waals surface area (Å²) in [6.07, 6.45) is 3.27. The first-order valence-electron chi connectivity index (χ1n) is 11.4. The molecule has 0 saturated heterocycles. The fourth-order valence-corrected chi connectivity index (χ4v) is 5.66. The maximum atomic E-state index is 13.4. The predicted molar refractivity (Wildman–Crippen MR) is 132 cm³/mol. The van der Waals surface area contributed by atoms with Crippen LogP contribution in [-0.4, -0.2) is 46.4 Å². The minimum atomic E-state index is -3.79. The third-order valence-corrected chi connectivity index (χ3v) is 7.75.